The first kappa shape index (κ1) is 99.4. The largest absolute Gasteiger partial charge is 0.643 e. The fraction of sp³-hybridized carbons (Fsp3) is 0.183. The number of carbonyl (C=O) groups is 6. The topological polar surface area (TPSA) is 125 Å². The summed E-state index contributed by atoms with van der Waals surface area (Å²) >= 11 is 8.02. The first-order valence-electron chi connectivity index (χ1n) is 26.1. The molecule has 0 saturated heterocycles. The molecule has 0 aromatic carbocycles. The Morgan fingerprint density at radius 3 is 1.23 bits per heavy atom. The molecule has 90 heavy (non-hydrogen) atoms. The van der Waals surface area contributed by atoms with E-state index < -0.39 is 33.8 Å². The molecule has 7 aliphatic rings. The van der Waals surface area contributed by atoms with Gasteiger partial charge in [0.05, 0.1) is 0 Å². The van der Waals surface area contributed by atoms with E-state index in [0.717, 1.165) is 49.9 Å². The number of rotatable bonds is 19. The molecule has 7 aliphatic carbocycles. The van der Waals surface area contributed by atoms with Gasteiger partial charge < -0.3 is 120 Å². The molecule has 1 heterocycles. The van der Waals surface area contributed by atoms with Crippen molar-refractivity contribution in [1.29, 1.82) is 0 Å². The van der Waals surface area contributed by atoms with Crippen LogP contribution in [0.3, 0.4) is 0 Å². The average Bonchev–Trinajstić information content (AvgIpc) is 3.43. The van der Waals surface area contributed by atoms with Crippen molar-refractivity contribution in [3.63, 3.8) is 0 Å². The van der Waals surface area contributed by atoms with Gasteiger partial charge in [-0.25, -0.2) is 36.2 Å². The maximum atomic E-state index is 11.5. The molecule has 8 rings (SSSR count). The number of allylic oxidation sites excluding steroid dienone is 41. The smallest absolute Gasteiger partial charge is 0.486 e. The van der Waals surface area contributed by atoms with Crippen molar-refractivity contribution in [1.82, 2.24) is 0 Å². The van der Waals surface area contributed by atoms with Crippen LogP contribution in [0.15, 0.2) is 238 Å². The molecule has 0 fully saturated rings. The van der Waals surface area contributed by atoms with Crippen molar-refractivity contribution in [3.8, 4) is 0 Å². The molecule has 0 spiro atoms. The second-order valence-electron chi connectivity index (χ2n) is 17.0. The van der Waals surface area contributed by atoms with E-state index in [1.165, 1.54) is 95.4 Å². The Bertz CT molecular complexity index is 2930. The average molecular weight is 1700 g/mol. The van der Waals surface area contributed by atoms with Crippen LogP contribution in [0, 0.1) is 63.8 Å². The third kappa shape index (κ3) is 56.7. The SMILES string of the molecule is C1=CCC=C1.CC(=O)OC(C)=O.O=C(Cl)CCC(=O)Cl.[CH-]=CC=[C-]C(=O)CCC(=O)C1=CC=CC1.[CH-]=CC=[C-]C1=CC=C(C2=CC=CC2)C1.[CH-]=CC=[C-]C1=CC=C(C2=CC=CC2)C1.[CH-]=CC=[C-]c1ccc(C2=CC=CC2)o1.[CH-]=CC=[CH-].[Cl][Al]([Cl])[Cl].[Y].[Y].[Y].[Y].[Y]. The second-order valence-corrected chi connectivity index (χ2v) is 24.2. The Labute approximate surface area is 688 Å². The van der Waals surface area contributed by atoms with Gasteiger partial charge in [0.2, 0.25) is 10.5 Å². The van der Waals surface area contributed by atoms with Gasteiger partial charge in [-0.05, 0) is 103 Å². The number of furan rings is 1. The quantitative estimate of drug-likeness (QED) is 0.0255. The van der Waals surface area contributed by atoms with E-state index in [2.05, 4.69) is 126 Å². The summed E-state index contributed by atoms with van der Waals surface area (Å²) in [5.74, 6) is 0.320. The number of ether oxygens (including phenoxy) is 1. The van der Waals surface area contributed by atoms with Crippen LogP contribution in [-0.4, -0.2) is 45.4 Å². The molecule has 1 aromatic rings. The van der Waals surface area contributed by atoms with Crippen LogP contribution >= 0.6 is 53.3 Å². The molecule has 0 saturated carbocycles. The second kappa shape index (κ2) is 67.3. The van der Waals surface area contributed by atoms with Gasteiger partial charge in [-0.3, -0.25) is 36.1 Å². The molecule has 0 amide bonds. The maximum Gasteiger partial charge on any atom is 0.643 e. The number of carbonyl (C=O) groups excluding carboxylic acids is 6. The van der Waals surface area contributed by atoms with E-state index in [4.69, 9.17) is 97.2 Å². The van der Waals surface area contributed by atoms with E-state index >= 15 is 0 Å². The van der Waals surface area contributed by atoms with Gasteiger partial charge in [-0.15, -0.1) is 18.2 Å². The van der Waals surface area contributed by atoms with Gasteiger partial charge in [-0.2, -0.15) is 23.3 Å². The summed E-state index contributed by atoms with van der Waals surface area (Å²) in [7, 11) is 14.8. The predicted molar refractivity (Wildman–Crippen MR) is 350 cm³/mol. The molecule has 0 N–H and O–H groups in total. The Kier molecular flexibility index (Phi) is 74.4. The number of hydrogen-bond acceptors (Lipinski definition) is 8. The van der Waals surface area contributed by atoms with E-state index in [-0.39, 0.29) is 201 Å². The van der Waals surface area contributed by atoms with Gasteiger partial charge in [-0.1, -0.05) is 114 Å². The third-order valence-electron chi connectivity index (χ3n) is 10.5. The molecule has 0 aliphatic heterocycles. The van der Waals surface area contributed by atoms with E-state index in [1.807, 2.05) is 30.4 Å². The summed E-state index contributed by atoms with van der Waals surface area (Å²) in [5, 5.41) is -1.06. The van der Waals surface area contributed by atoms with Gasteiger partial charge in [0, 0.05) is 202 Å². The van der Waals surface area contributed by atoms with Crippen LogP contribution < -0.4 is 0 Å². The van der Waals surface area contributed by atoms with Crippen LogP contribution in [0.25, 0.3) is 5.57 Å². The van der Waals surface area contributed by atoms with Crippen molar-refractivity contribution in [3.05, 3.63) is 309 Å². The molecule has 0 unspecified atom stereocenters. The van der Waals surface area contributed by atoms with Gasteiger partial charge in [0.25, 0.3) is 0 Å². The third-order valence-corrected chi connectivity index (χ3v) is 10.8. The fourth-order valence-electron chi connectivity index (χ4n) is 6.76. The summed E-state index contributed by atoms with van der Waals surface area (Å²) in [6, 6.07) is 3.83. The molecule has 8 nitrogen and oxygen atoms in total. The normalized spacial score (nSPS) is 13.8. The zero-order chi connectivity index (χ0) is 63.5. The molecule has 19 heteroatoms. The van der Waals surface area contributed by atoms with Crippen molar-refractivity contribution >= 4 is 104 Å². The summed E-state index contributed by atoms with van der Waals surface area (Å²) in [4.78, 5) is 62.0. The molecule has 0 bridgehead atoms. The molecular formula is C71H66AlCl5O8Y5-10. The minimum atomic E-state index is -1.72. The summed E-state index contributed by atoms with van der Waals surface area (Å²) in [5.41, 5.74) is 10.0. The zero-order valence-electron chi connectivity index (χ0n) is 50.3. The van der Waals surface area contributed by atoms with E-state index in [9.17, 15) is 28.8 Å². The first-order valence-corrected chi connectivity index (χ1v) is 32.1. The van der Waals surface area contributed by atoms with Gasteiger partial charge in [0.15, 0.2) is 5.78 Å². The number of hydrogen-bond donors (Lipinski definition) is 0. The van der Waals surface area contributed by atoms with Gasteiger partial charge in [0.1, 0.15) is 5.76 Å². The van der Waals surface area contributed by atoms with Crippen LogP contribution in [0.1, 0.15) is 96.0 Å². The predicted octanol–water partition coefficient (Wildman–Crippen LogP) is 18.0. The monoisotopic (exact) mass is 1690 g/mol. The fourth-order valence-corrected chi connectivity index (χ4v) is 6.95. The van der Waals surface area contributed by atoms with Crippen molar-refractivity contribution < 1.29 is 201 Å². The van der Waals surface area contributed by atoms with Crippen molar-refractivity contribution in [2.75, 3.05) is 0 Å². The zero-order valence-corrected chi connectivity index (χ0v) is 69.5. The van der Waals surface area contributed by atoms with E-state index in [0.29, 0.717) is 12.2 Å². The van der Waals surface area contributed by atoms with Crippen LogP contribution in [0.2, 0.25) is 0 Å². The minimum absolute atomic E-state index is 0. The summed E-state index contributed by atoms with van der Waals surface area (Å²) in [6.45, 7) is 32.6. The number of halogens is 5. The van der Waals surface area contributed by atoms with E-state index in [1.54, 1.807) is 24.3 Å². The standard InChI is InChI=1S/2C14H12.C13H12O2.C13H10O.C5H6.C4H4Cl2O2.C4H6O3.C4H4.Al.3ClH.5Y/c2*1-2-3-6-12-9-10-14(11-12)13-7-4-5-8-13;1-2-3-8-12(14)9-10-13(15)11-6-4-5-7-11;1-2-3-8-12-9-10-13(14-12)11-6-4-5-7-11;1-2-4-5-3-1;5-3(7)1-2-4(6)8;1-3(5)7-4(2)6;1-3-4-2;;;;;;;;;/h2*1-5,7,9-10H,8,11H2;1-6H,7,9-10H2;1-6,9-10H,7H2;1-4H,5H2;1-2H2;1-2H3;1-4H;;3*1H;;;;;/q4*-2;;;;-2;+3;;;;;;;;/p-3. The van der Waals surface area contributed by atoms with Gasteiger partial charge >= 0.3 is 23.3 Å². The Morgan fingerprint density at radius 1 is 0.489 bits per heavy atom. The summed E-state index contributed by atoms with van der Waals surface area (Å²) < 4.78 is 9.52. The van der Waals surface area contributed by atoms with Crippen LogP contribution in [0.4, 0.5) is 0 Å². The first-order chi connectivity index (χ1) is 40.8. The number of ketones is 2. The van der Waals surface area contributed by atoms with Crippen molar-refractivity contribution in [2.24, 2.45) is 0 Å². The molecular weight excluding hydrogens is 1630 g/mol. The Balaban J connectivity index is -0.000000226. The maximum absolute atomic E-state index is 11.5. The minimum Gasteiger partial charge on any atom is -0.486 e. The molecule has 461 valence electrons. The Morgan fingerprint density at radius 2 is 0.900 bits per heavy atom. The Hall–Kier alpha value is -1.64. The molecule has 1 aromatic heterocycles. The molecule has 0 atom stereocenters. The van der Waals surface area contributed by atoms with Crippen molar-refractivity contribution in [2.45, 2.75) is 84.5 Å². The van der Waals surface area contributed by atoms with Crippen LogP contribution in [0.5, 0.6) is 0 Å². The van der Waals surface area contributed by atoms with Crippen LogP contribution in [-0.2, 0) is 197 Å². The number of Topliss-reactive ketones (excluding diaryl/α,β-unsaturated/α-hetero) is 2. The summed E-state index contributed by atoms with van der Waals surface area (Å²) in [6.07, 6.45) is 75.4. The number of esters is 2. The molecule has 5 radical (unpaired) electrons.